The molecule has 0 fully saturated rings. The molecule has 19 heavy (non-hydrogen) atoms. The van der Waals surface area contributed by atoms with Crippen molar-refractivity contribution in [2.24, 2.45) is 0 Å². The number of benzene rings is 1. The van der Waals surface area contributed by atoms with E-state index in [-0.39, 0.29) is 5.91 Å². The van der Waals surface area contributed by atoms with Gasteiger partial charge < -0.3 is 5.32 Å². The monoisotopic (exact) mass is 254 g/mol. The Balaban J connectivity index is 1.96. The first-order valence-corrected chi connectivity index (χ1v) is 6.54. The molecular formula is C16H18N2O. The van der Waals surface area contributed by atoms with Gasteiger partial charge in [0.1, 0.15) is 0 Å². The van der Waals surface area contributed by atoms with E-state index in [2.05, 4.69) is 29.4 Å². The number of amides is 1. The highest BCUT2D eigenvalue weighted by Gasteiger charge is 2.11. The fourth-order valence-corrected chi connectivity index (χ4v) is 2.04. The van der Waals surface area contributed by atoms with Crippen LogP contribution in [0.15, 0.2) is 54.9 Å². The average Bonchev–Trinajstić information content (AvgIpc) is 2.49. The Morgan fingerprint density at radius 3 is 2.47 bits per heavy atom. The quantitative estimate of drug-likeness (QED) is 0.891. The Hall–Kier alpha value is -2.16. The van der Waals surface area contributed by atoms with Crippen molar-refractivity contribution in [3.05, 3.63) is 66.0 Å². The summed E-state index contributed by atoms with van der Waals surface area (Å²) in [5.74, 6) is 0.309. The van der Waals surface area contributed by atoms with Gasteiger partial charge in [-0.2, -0.15) is 0 Å². The molecule has 3 heteroatoms. The normalized spacial score (nSPS) is 11.8. The van der Waals surface area contributed by atoms with Crippen molar-refractivity contribution in [3.8, 4) is 0 Å². The van der Waals surface area contributed by atoms with Gasteiger partial charge in [0.2, 0.25) is 0 Å². The van der Waals surface area contributed by atoms with E-state index in [1.54, 1.807) is 24.5 Å². The molecule has 1 amide bonds. The second-order valence-electron chi connectivity index (χ2n) is 4.46. The molecule has 0 saturated heterocycles. The van der Waals surface area contributed by atoms with Crippen LogP contribution in [0.2, 0.25) is 0 Å². The first kappa shape index (κ1) is 13.3. The van der Waals surface area contributed by atoms with Gasteiger partial charge in [0.25, 0.3) is 5.91 Å². The molecule has 1 N–H and O–H groups in total. The van der Waals surface area contributed by atoms with E-state index >= 15 is 0 Å². The van der Waals surface area contributed by atoms with E-state index in [0.717, 1.165) is 6.42 Å². The Morgan fingerprint density at radius 1 is 1.16 bits per heavy atom. The number of aromatic nitrogens is 1. The summed E-state index contributed by atoms with van der Waals surface area (Å²) in [7, 11) is 0. The third kappa shape index (κ3) is 3.65. The molecule has 1 aromatic carbocycles. The number of carbonyl (C=O) groups is 1. The fourth-order valence-electron chi connectivity index (χ4n) is 2.04. The van der Waals surface area contributed by atoms with Crippen LogP contribution in [0.1, 0.15) is 35.2 Å². The third-order valence-corrected chi connectivity index (χ3v) is 3.22. The highest BCUT2D eigenvalue weighted by molar-refractivity contribution is 5.93. The summed E-state index contributed by atoms with van der Waals surface area (Å²) in [6.07, 6.45) is 4.26. The molecule has 2 aromatic rings. The van der Waals surface area contributed by atoms with Crippen LogP contribution in [0, 0.1) is 0 Å². The second-order valence-corrected chi connectivity index (χ2v) is 4.46. The van der Waals surface area contributed by atoms with Crippen LogP contribution in [0.25, 0.3) is 0 Å². The molecule has 1 heterocycles. The highest BCUT2D eigenvalue weighted by Crippen LogP contribution is 2.18. The number of nitrogens with zero attached hydrogens (tertiary/aromatic N) is 1. The number of rotatable bonds is 5. The van der Waals surface area contributed by atoms with Gasteiger partial charge in [-0.25, -0.2) is 0 Å². The first-order valence-electron chi connectivity index (χ1n) is 6.54. The summed E-state index contributed by atoms with van der Waals surface area (Å²) in [5, 5.41) is 2.98. The van der Waals surface area contributed by atoms with Gasteiger partial charge in [-0.1, -0.05) is 37.3 Å². The minimum atomic E-state index is -0.0446. The van der Waals surface area contributed by atoms with Crippen LogP contribution in [0.5, 0.6) is 0 Å². The Kier molecular flexibility index (Phi) is 4.67. The summed E-state index contributed by atoms with van der Waals surface area (Å²) in [6.45, 7) is 2.79. The zero-order valence-electron chi connectivity index (χ0n) is 11.0. The van der Waals surface area contributed by atoms with Gasteiger partial charge >= 0.3 is 0 Å². The Morgan fingerprint density at radius 2 is 1.84 bits per heavy atom. The minimum absolute atomic E-state index is 0.0446. The summed E-state index contributed by atoms with van der Waals surface area (Å²) >= 11 is 0. The number of hydrogen-bond donors (Lipinski definition) is 1. The average molecular weight is 254 g/mol. The molecule has 2 rings (SSSR count). The maximum Gasteiger partial charge on any atom is 0.251 e. The van der Waals surface area contributed by atoms with Gasteiger partial charge in [-0.05, 0) is 24.1 Å². The van der Waals surface area contributed by atoms with Crippen molar-refractivity contribution >= 4 is 5.91 Å². The molecule has 1 atom stereocenters. The van der Waals surface area contributed by atoms with Crippen molar-refractivity contribution < 1.29 is 4.79 Å². The van der Waals surface area contributed by atoms with Crippen molar-refractivity contribution in [1.29, 1.82) is 0 Å². The molecule has 0 saturated carbocycles. The molecule has 98 valence electrons. The SMILES string of the molecule is CCC(CNC(=O)c1ccncc1)c1ccccc1. The van der Waals surface area contributed by atoms with Gasteiger partial charge in [-0.15, -0.1) is 0 Å². The van der Waals surface area contributed by atoms with Gasteiger partial charge in [0.15, 0.2) is 0 Å². The summed E-state index contributed by atoms with van der Waals surface area (Å²) in [4.78, 5) is 15.9. The lowest BCUT2D eigenvalue weighted by Crippen LogP contribution is -2.28. The molecule has 0 bridgehead atoms. The zero-order valence-corrected chi connectivity index (χ0v) is 11.0. The maximum absolute atomic E-state index is 12.0. The fraction of sp³-hybridized carbons (Fsp3) is 0.250. The lowest BCUT2D eigenvalue weighted by Gasteiger charge is -2.16. The van der Waals surface area contributed by atoms with E-state index in [9.17, 15) is 4.79 Å². The third-order valence-electron chi connectivity index (χ3n) is 3.22. The number of carbonyl (C=O) groups excluding carboxylic acids is 1. The summed E-state index contributed by atoms with van der Waals surface area (Å²) in [6, 6.07) is 13.7. The number of nitrogens with one attached hydrogen (secondary N) is 1. The van der Waals surface area contributed by atoms with Crippen LogP contribution < -0.4 is 5.32 Å². The molecule has 0 aliphatic heterocycles. The van der Waals surface area contributed by atoms with E-state index in [4.69, 9.17) is 0 Å². The number of hydrogen-bond acceptors (Lipinski definition) is 2. The second kappa shape index (κ2) is 6.69. The van der Waals surface area contributed by atoms with Crippen LogP contribution in [-0.4, -0.2) is 17.4 Å². The maximum atomic E-state index is 12.0. The molecule has 1 aromatic heterocycles. The Labute approximate surface area is 113 Å². The van der Waals surface area contributed by atoms with Crippen molar-refractivity contribution in [3.63, 3.8) is 0 Å². The van der Waals surface area contributed by atoms with E-state index < -0.39 is 0 Å². The molecule has 0 aliphatic carbocycles. The largest absolute Gasteiger partial charge is 0.351 e. The lowest BCUT2D eigenvalue weighted by atomic mass is 9.96. The predicted molar refractivity (Wildman–Crippen MR) is 76.0 cm³/mol. The summed E-state index contributed by atoms with van der Waals surface area (Å²) < 4.78 is 0. The molecular weight excluding hydrogens is 236 g/mol. The van der Waals surface area contributed by atoms with E-state index in [1.807, 2.05) is 18.2 Å². The molecule has 0 radical (unpaired) electrons. The van der Waals surface area contributed by atoms with Crippen LogP contribution in [-0.2, 0) is 0 Å². The minimum Gasteiger partial charge on any atom is -0.351 e. The van der Waals surface area contributed by atoms with E-state index in [0.29, 0.717) is 18.0 Å². The molecule has 3 nitrogen and oxygen atoms in total. The standard InChI is InChI=1S/C16H18N2O/c1-2-13(14-6-4-3-5-7-14)12-18-16(19)15-8-10-17-11-9-15/h3-11,13H,2,12H2,1H3,(H,18,19). The smallest absolute Gasteiger partial charge is 0.251 e. The Bertz CT molecular complexity index is 511. The topological polar surface area (TPSA) is 42.0 Å². The van der Waals surface area contributed by atoms with Crippen LogP contribution >= 0.6 is 0 Å². The highest BCUT2D eigenvalue weighted by atomic mass is 16.1. The molecule has 0 aliphatic rings. The van der Waals surface area contributed by atoms with Gasteiger partial charge in [0.05, 0.1) is 0 Å². The number of pyridine rings is 1. The van der Waals surface area contributed by atoms with E-state index in [1.165, 1.54) is 5.56 Å². The first-order chi connectivity index (χ1) is 9.31. The van der Waals surface area contributed by atoms with Crippen molar-refractivity contribution in [1.82, 2.24) is 10.3 Å². The lowest BCUT2D eigenvalue weighted by molar-refractivity contribution is 0.0951. The van der Waals surface area contributed by atoms with Crippen LogP contribution in [0.4, 0.5) is 0 Å². The van der Waals surface area contributed by atoms with Gasteiger partial charge in [0, 0.05) is 30.4 Å². The van der Waals surface area contributed by atoms with Crippen LogP contribution in [0.3, 0.4) is 0 Å². The van der Waals surface area contributed by atoms with Crippen molar-refractivity contribution in [2.45, 2.75) is 19.3 Å². The predicted octanol–water partition coefficient (Wildman–Crippen LogP) is 3.01. The molecule has 1 unspecified atom stereocenters. The zero-order chi connectivity index (χ0) is 13.5. The molecule has 0 spiro atoms. The summed E-state index contributed by atoms with van der Waals surface area (Å²) in [5.41, 5.74) is 1.91. The van der Waals surface area contributed by atoms with Gasteiger partial charge in [-0.3, -0.25) is 9.78 Å². The van der Waals surface area contributed by atoms with Crippen molar-refractivity contribution in [2.75, 3.05) is 6.54 Å².